The van der Waals surface area contributed by atoms with E-state index in [-0.39, 0.29) is 0 Å². The van der Waals surface area contributed by atoms with Crippen molar-refractivity contribution in [1.29, 1.82) is 0 Å². The standard InChI is InChI=1S/C33H28O7.C2H6/c1-2-31(34)38-23-7-6-22-37-28-16-14-27(15-17-28)33(36)40-30-20-18-29(19-21-30)39-32(35)26-12-10-25(11-13-26)24-8-4-3-5-9-24;1-2/h2-5,8-21H,1,6-7,22-23H2;1-2H3. The molecule has 0 heterocycles. The van der Waals surface area contributed by atoms with Gasteiger partial charge < -0.3 is 18.9 Å². The fourth-order valence-corrected chi connectivity index (χ4v) is 3.65. The Morgan fingerprint density at radius 2 is 1.05 bits per heavy atom. The number of unbranched alkanes of at least 4 members (excludes halogenated alkanes) is 1. The highest BCUT2D eigenvalue weighted by atomic mass is 16.5. The molecule has 7 nitrogen and oxygen atoms in total. The number of esters is 3. The Bertz CT molecular complexity index is 1430. The van der Waals surface area contributed by atoms with Crippen molar-refractivity contribution in [2.75, 3.05) is 13.2 Å². The molecule has 0 aliphatic rings. The van der Waals surface area contributed by atoms with Crippen LogP contribution in [-0.4, -0.2) is 31.1 Å². The van der Waals surface area contributed by atoms with Crippen LogP contribution in [0, 0.1) is 0 Å². The van der Waals surface area contributed by atoms with E-state index >= 15 is 0 Å². The molecule has 0 radical (unpaired) electrons. The Hall–Kier alpha value is -5.17. The zero-order valence-corrected chi connectivity index (χ0v) is 23.8. The predicted molar refractivity (Wildman–Crippen MR) is 162 cm³/mol. The van der Waals surface area contributed by atoms with E-state index in [9.17, 15) is 14.4 Å². The molecule has 0 saturated carbocycles. The number of hydrogen-bond acceptors (Lipinski definition) is 7. The lowest BCUT2D eigenvalue weighted by atomic mass is 10.0. The summed E-state index contributed by atoms with van der Waals surface area (Å²) in [4.78, 5) is 36.1. The van der Waals surface area contributed by atoms with E-state index in [1.807, 2.05) is 56.3 Å². The van der Waals surface area contributed by atoms with Crippen molar-refractivity contribution in [2.24, 2.45) is 0 Å². The molecular formula is C35H34O7. The fourth-order valence-electron chi connectivity index (χ4n) is 3.65. The molecule has 0 aliphatic carbocycles. The molecule has 4 aromatic rings. The number of rotatable bonds is 12. The lowest BCUT2D eigenvalue weighted by Crippen LogP contribution is -2.09. The summed E-state index contributed by atoms with van der Waals surface area (Å²) in [6.45, 7) is 8.10. The second-order valence-corrected chi connectivity index (χ2v) is 8.65. The van der Waals surface area contributed by atoms with Crippen LogP contribution in [-0.2, 0) is 9.53 Å². The van der Waals surface area contributed by atoms with Gasteiger partial charge in [0.05, 0.1) is 24.3 Å². The van der Waals surface area contributed by atoms with Gasteiger partial charge in [0, 0.05) is 6.08 Å². The fraction of sp³-hybridized carbons (Fsp3) is 0.171. The summed E-state index contributed by atoms with van der Waals surface area (Å²) < 4.78 is 21.4. The number of carbonyl (C=O) groups is 3. The molecule has 4 aromatic carbocycles. The molecule has 0 spiro atoms. The highest BCUT2D eigenvalue weighted by molar-refractivity contribution is 5.92. The predicted octanol–water partition coefficient (Wildman–Crippen LogP) is 7.71. The van der Waals surface area contributed by atoms with E-state index in [0.29, 0.717) is 54.4 Å². The molecule has 216 valence electrons. The Balaban J connectivity index is 0.00000237. The third kappa shape index (κ3) is 9.78. The van der Waals surface area contributed by atoms with Crippen molar-refractivity contribution in [3.05, 3.63) is 127 Å². The maximum Gasteiger partial charge on any atom is 0.343 e. The van der Waals surface area contributed by atoms with Gasteiger partial charge in [-0.1, -0.05) is 62.9 Å². The zero-order chi connectivity index (χ0) is 30.2. The van der Waals surface area contributed by atoms with Gasteiger partial charge in [-0.25, -0.2) is 14.4 Å². The summed E-state index contributed by atoms with van der Waals surface area (Å²) >= 11 is 0. The van der Waals surface area contributed by atoms with Crippen molar-refractivity contribution >= 4 is 17.9 Å². The molecule has 0 unspecified atom stereocenters. The summed E-state index contributed by atoms with van der Waals surface area (Å²) in [5.41, 5.74) is 2.86. The van der Waals surface area contributed by atoms with E-state index in [1.54, 1.807) is 60.7 Å². The molecule has 0 saturated heterocycles. The minimum absolute atomic E-state index is 0.311. The Labute approximate surface area is 246 Å². The van der Waals surface area contributed by atoms with Gasteiger partial charge in [-0.15, -0.1) is 0 Å². The minimum Gasteiger partial charge on any atom is -0.494 e. The SMILES string of the molecule is C=CC(=O)OCCCCOc1ccc(C(=O)Oc2ccc(OC(=O)c3ccc(-c4ccccc4)cc3)cc2)cc1.CC. The molecule has 7 heteroatoms. The first-order valence-electron chi connectivity index (χ1n) is 13.7. The van der Waals surface area contributed by atoms with Gasteiger partial charge in [-0.3, -0.25) is 0 Å². The van der Waals surface area contributed by atoms with Crippen molar-refractivity contribution in [2.45, 2.75) is 26.7 Å². The molecule has 0 N–H and O–H groups in total. The molecule has 0 amide bonds. The third-order valence-corrected chi connectivity index (χ3v) is 5.78. The van der Waals surface area contributed by atoms with Crippen molar-refractivity contribution in [3.8, 4) is 28.4 Å². The van der Waals surface area contributed by atoms with Crippen molar-refractivity contribution in [1.82, 2.24) is 0 Å². The zero-order valence-electron chi connectivity index (χ0n) is 23.8. The van der Waals surface area contributed by atoms with Crippen LogP contribution < -0.4 is 14.2 Å². The first-order valence-corrected chi connectivity index (χ1v) is 13.7. The van der Waals surface area contributed by atoms with Crippen molar-refractivity contribution in [3.63, 3.8) is 0 Å². The van der Waals surface area contributed by atoms with E-state index in [2.05, 4.69) is 6.58 Å². The highest BCUT2D eigenvalue weighted by Crippen LogP contribution is 2.22. The van der Waals surface area contributed by atoms with Crippen LogP contribution in [0.3, 0.4) is 0 Å². The molecule has 0 aromatic heterocycles. The largest absolute Gasteiger partial charge is 0.494 e. The van der Waals surface area contributed by atoms with Crippen LogP contribution >= 0.6 is 0 Å². The molecule has 0 fully saturated rings. The number of ether oxygens (including phenoxy) is 4. The summed E-state index contributed by atoms with van der Waals surface area (Å²) in [5.74, 6) is -0.197. The molecular weight excluding hydrogens is 532 g/mol. The average molecular weight is 567 g/mol. The topological polar surface area (TPSA) is 88.1 Å². The Kier molecular flexibility index (Phi) is 12.6. The van der Waals surface area contributed by atoms with Gasteiger partial charge in [0.2, 0.25) is 0 Å². The molecule has 0 aliphatic heterocycles. The third-order valence-electron chi connectivity index (χ3n) is 5.78. The second-order valence-electron chi connectivity index (χ2n) is 8.65. The van der Waals surface area contributed by atoms with Gasteiger partial charge in [0.25, 0.3) is 0 Å². The van der Waals surface area contributed by atoms with Crippen molar-refractivity contribution < 1.29 is 33.3 Å². The number of benzene rings is 4. The van der Waals surface area contributed by atoms with Gasteiger partial charge >= 0.3 is 17.9 Å². The van der Waals surface area contributed by atoms with Crippen LogP contribution in [0.2, 0.25) is 0 Å². The van der Waals surface area contributed by atoms with Gasteiger partial charge in [-0.2, -0.15) is 0 Å². The van der Waals surface area contributed by atoms with Gasteiger partial charge in [0.15, 0.2) is 0 Å². The highest BCUT2D eigenvalue weighted by Gasteiger charge is 2.12. The van der Waals surface area contributed by atoms with E-state index in [0.717, 1.165) is 17.2 Å². The lowest BCUT2D eigenvalue weighted by Gasteiger charge is -2.09. The van der Waals surface area contributed by atoms with E-state index in [4.69, 9.17) is 18.9 Å². The van der Waals surface area contributed by atoms with Crippen LogP contribution in [0.1, 0.15) is 47.4 Å². The average Bonchev–Trinajstić information content (AvgIpc) is 3.05. The van der Waals surface area contributed by atoms with Crippen LogP contribution in [0.15, 0.2) is 116 Å². The first kappa shape index (κ1) is 31.4. The summed E-state index contributed by atoms with van der Waals surface area (Å²) in [6, 6.07) is 29.9. The lowest BCUT2D eigenvalue weighted by molar-refractivity contribution is -0.137. The first-order chi connectivity index (χ1) is 20.5. The maximum atomic E-state index is 12.5. The molecule has 0 bridgehead atoms. The Morgan fingerprint density at radius 1 is 0.595 bits per heavy atom. The van der Waals surface area contributed by atoms with E-state index < -0.39 is 17.9 Å². The van der Waals surface area contributed by atoms with Crippen LogP contribution in [0.5, 0.6) is 17.2 Å². The van der Waals surface area contributed by atoms with Crippen LogP contribution in [0.25, 0.3) is 11.1 Å². The van der Waals surface area contributed by atoms with Gasteiger partial charge in [-0.05, 0) is 84.6 Å². The molecule has 0 atom stereocenters. The quantitative estimate of drug-likeness (QED) is 0.0751. The number of carbonyl (C=O) groups excluding carboxylic acids is 3. The van der Waals surface area contributed by atoms with Gasteiger partial charge in [0.1, 0.15) is 17.2 Å². The maximum absolute atomic E-state index is 12.5. The Morgan fingerprint density at radius 3 is 1.57 bits per heavy atom. The monoisotopic (exact) mass is 566 g/mol. The summed E-state index contributed by atoms with van der Waals surface area (Å²) in [7, 11) is 0. The summed E-state index contributed by atoms with van der Waals surface area (Å²) in [5, 5.41) is 0. The minimum atomic E-state index is -0.529. The normalized spacial score (nSPS) is 9.95. The van der Waals surface area contributed by atoms with E-state index in [1.165, 1.54) is 0 Å². The second kappa shape index (κ2) is 16.8. The smallest absolute Gasteiger partial charge is 0.343 e. The molecule has 4 rings (SSSR count). The molecule has 42 heavy (non-hydrogen) atoms. The van der Waals surface area contributed by atoms with Crippen LogP contribution in [0.4, 0.5) is 0 Å². The number of hydrogen-bond donors (Lipinski definition) is 0. The summed E-state index contributed by atoms with van der Waals surface area (Å²) in [6.07, 6.45) is 2.51.